The summed E-state index contributed by atoms with van der Waals surface area (Å²) in [4.78, 5) is 2.05. The van der Waals surface area contributed by atoms with Gasteiger partial charge in [-0.15, -0.1) is 0 Å². The number of sulfonamides is 1. The number of benzene rings is 2. The summed E-state index contributed by atoms with van der Waals surface area (Å²) < 4.78 is 42.1. The van der Waals surface area contributed by atoms with E-state index < -0.39 is 10.0 Å². The molecule has 2 aromatic carbocycles. The van der Waals surface area contributed by atoms with Gasteiger partial charge in [-0.2, -0.15) is 0 Å². The predicted molar refractivity (Wildman–Crippen MR) is 99.9 cm³/mol. The average Bonchev–Trinajstić information content (AvgIpc) is 2.48. The minimum atomic E-state index is -3.67. The zero-order valence-electron chi connectivity index (χ0n) is 13.1. The van der Waals surface area contributed by atoms with Crippen molar-refractivity contribution in [3.05, 3.63) is 62.8 Å². The Morgan fingerprint density at radius 1 is 1.12 bits per heavy atom. The van der Waals surface area contributed by atoms with Gasteiger partial charge in [-0.25, -0.2) is 17.5 Å². The topological polar surface area (TPSA) is 49.4 Å². The van der Waals surface area contributed by atoms with Gasteiger partial charge in [-0.05, 0) is 65.9 Å². The predicted octanol–water partition coefficient (Wildman–Crippen LogP) is 3.93. The lowest BCUT2D eigenvalue weighted by Gasteiger charge is -2.25. The van der Waals surface area contributed by atoms with Gasteiger partial charge in [0.05, 0.1) is 4.90 Å². The Bertz CT molecular complexity index is 811. The molecule has 4 nitrogen and oxygen atoms in total. The van der Waals surface area contributed by atoms with Crippen LogP contribution < -0.4 is 4.72 Å². The molecule has 0 aliphatic heterocycles. The molecule has 1 atom stereocenters. The van der Waals surface area contributed by atoms with Crippen LogP contribution in [0.5, 0.6) is 0 Å². The third-order valence-corrected chi connectivity index (χ3v) is 6.42. The van der Waals surface area contributed by atoms with E-state index in [0.717, 1.165) is 10.0 Å². The molecule has 130 valence electrons. The lowest BCUT2D eigenvalue weighted by atomic mass is 10.1. The molecule has 0 saturated heterocycles. The third-order valence-electron chi connectivity index (χ3n) is 3.53. The van der Waals surface area contributed by atoms with Crippen LogP contribution in [0.15, 0.2) is 56.3 Å². The summed E-state index contributed by atoms with van der Waals surface area (Å²) >= 11 is 6.57. The van der Waals surface area contributed by atoms with Crippen LogP contribution in [0.4, 0.5) is 4.39 Å². The SMILES string of the molecule is CN(C)C(CNS(=O)(=O)c1ccc(Br)cc1Br)c1ccc(F)cc1. The summed E-state index contributed by atoms with van der Waals surface area (Å²) in [5.74, 6) is -0.323. The van der Waals surface area contributed by atoms with E-state index in [9.17, 15) is 12.8 Å². The van der Waals surface area contributed by atoms with E-state index in [4.69, 9.17) is 0 Å². The molecule has 0 spiro atoms. The van der Waals surface area contributed by atoms with E-state index in [1.54, 1.807) is 24.3 Å². The van der Waals surface area contributed by atoms with E-state index in [1.807, 2.05) is 19.0 Å². The summed E-state index contributed by atoms with van der Waals surface area (Å²) in [6.07, 6.45) is 0. The summed E-state index contributed by atoms with van der Waals surface area (Å²) in [7, 11) is 0.0193. The number of hydrogen-bond acceptors (Lipinski definition) is 3. The Balaban J connectivity index is 2.20. The molecule has 0 aliphatic rings. The van der Waals surface area contributed by atoms with Gasteiger partial charge < -0.3 is 4.90 Å². The molecule has 2 rings (SSSR count). The van der Waals surface area contributed by atoms with Crippen molar-refractivity contribution in [2.75, 3.05) is 20.6 Å². The maximum Gasteiger partial charge on any atom is 0.241 e. The highest BCUT2D eigenvalue weighted by Gasteiger charge is 2.21. The maximum absolute atomic E-state index is 13.1. The van der Waals surface area contributed by atoms with Gasteiger partial charge in [0.25, 0.3) is 0 Å². The number of nitrogens with zero attached hydrogens (tertiary/aromatic N) is 1. The van der Waals surface area contributed by atoms with Gasteiger partial charge in [0.1, 0.15) is 5.82 Å². The first-order chi connectivity index (χ1) is 11.2. The first kappa shape index (κ1) is 19.5. The Kier molecular flexibility index (Phi) is 6.55. The summed E-state index contributed by atoms with van der Waals surface area (Å²) in [6.45, 7) is 0.170. The molecule has 0 aromatic heterocycles. The van der Waals surface area contributed by atoms with Gasteiger partial charge in [0, 0.05) is 21.5 Å². The molecule has 0 heterocycles. The molecule has 0 aliphatic carbocycles. The fraction of sp³-hybridized carbons (Fsp3) is 0.250. The molecule has 1 unspecified atom stereocenters. The minimum absolute atomic E-state index is 0.169. The molecule has 1 N–H and O–H groups in total. The molecule has 8 heteroatoms. The third kappa shape index (κ3) is 4.86. The first-order valence-corrected chi connectivity index (χ1v) is 10.1. The minimum Gasteiger partial charge on any atom is -0.301 e. The summed E-state index contributed by atoms with van der Waals surface area (Å²) in [6, 6.07) is 10.7. The van der Waals surface area contributed by atoms with E-state index in [2.05, 4.69) is 36.6 Å². The second kappa shape index (κ2) is 8.05. The second-order valence-corrected chi connectivity index (χ2v) is 8.96. The average molecular weight is 480 g/mol. The van der Waals surface area contributed by atoms with Crippen LogP contribution in [0.3, 0.4) is 0 Å². The lowest BCUT2D eigenvalue weighted by Crippen LogP contribution is -2.34. The highest BCUT2D eigenvalue weighted by atomic mass is 79.9. The first-order valence-electron chi connectivity index (χ1n) is 7.07. The van der Waals surface area contributed by atoms with Gasteiger partial charge in [-0.3, -0.25) is 0 Å². The van der Waals surface area contributed by atoms with E-state index in [1.165, 1.54) is 18.2 Å². The second-order valence-electron chi connectivity index (χ2n) is 5.46. The standard InChI is InChI=1S/C16H17Br2FN2O2S/c1-21(2)15(11-3-6-13(19)7-4-11)10-20-24(22,23)16-8-5-12(17)9-14(16)18/h3-9,15,20H,10H2,1-2H3. The zero-order chi connectivity index (χ0) is 17.9. The number of likely N-dealkylation sites (N-methyl/N-ethyl adjacent to an activating group) is 1. The zero-order valence-corrected chi connectivity index (χ0v) is 17.1. The molecule has 2 aromatic rings. The fourth-order valence-electron chi connectivity index (χ4n) is 2.24. The Morgan fingerprint density at radius 3 is 2.29 bits per heavy atom. The highest BCUT2D eigenvalue weighted by molar-refractivity contribution is 9.11. The summed E-state index contributed by atoms with van der Waals surface area (Å²) in [5.41, 5.74) is 0.832. The van der Waals surface area contributed by atoms with Crippen LogP contribution in [0.25, 0.3) is 0 Å². The largest absolute Gasteiger partial charge is 0.301 e. The van der Waals surface area contributed by atoms with Gasteiger partial charge >= 0.3 is 0 Å². The van der Waals surface area contributed by atoms with Crippen molar-refractivity contribution in [2.24, 2.45) is 0 Å². The van der Waals surface area contributed by atoms with Gasteiger partial charge in [0.15, 0.2) is 0 Å². The molecule has 0 radical (unpaired) electrons. The van der Waals surface area contributed by atoms with Crippen molar-refractivity contribution < 1.29 is 12.8 Å². The molecule has 0 saturated carbocycles. The highest BCUT2D eigenvalue weighted by Crippen LogP contribution is 2.26. The quantitative estimate of drug-likeness (QED) is 0.682. The Morgan fingerprint density at radius 2 is 1.75 bits per heavy atom. The van der Waals surface area contributed by atoms with Crippen molar-refractivity contribution in [1.82, 2.24) is 9.62 Å². The molecule has 24 heavy (non-hydrogen) atoms. The van der Waals surface area contributed by atoms with Crippen LogP contribution in [0, 0.1) is 5.82 Å². The summed E-state index contributed by atoms with van der Waals surface area (Å²) in [5, 5.41) is 0. The van der Waals surface area contributed by atoms with Crippen molar-refractivity contribution >= 4 is 41.9 Å². The Labute approximate surface area is 158 Å². The molecule has 0 fully saturated rings. The Hall–Kier alpha value is -0.800. The van der Waals surface area contributed by atoms with Gasteiger partial charge in [0.2, 0.25) is 10.0 Å². The molecular weight excluding hydrogens is 463 g/mol. The molecular formula is C16H17Br2FN2O2S. The van der Waals surface area contributed by atoms with Crippen LogP contribution in [-0.2, 0) is 10.0 Å². The van der Waals surface area contributed by atoms with Crippen LogP contribution >= 0.6 is 31.9 Å². The fourth-order valence-corrected chi connectivity index (χ4v) is 5.03. The van der Waals surface area contributed by atoms with Crippen molar-refractivity contribution in [1.29, 1.82) is 0 Å². The lowest BCUT2D eigenvalue weighted by molar-refractivity contribution is 0.299. The monoisotopic (exact) mass is 478 g/mol. The normalized spacial score (nSPS) is 13.2. The van der Waals surface area contributed by atoms with Crippen LogP contribution in [0.1, 0.15) is 11.6 Å². The number of nitrogens with one attached hydrogen (secondary N) is 1. The van der Waals surface area contributed by atoms with E-state index in [-0.39, 0.29) is 23.3 Å². The van der Waals surface area contributed by atoms with Crippen molar-refractivity contribution in [2.45, 2.75) is 10.9 Å². The number of hydrogen-bond donors (Lipinski definition) is 1. The van der Waals surface area contributed by atoms with E-state index >= 15 is 0 Å². The van der Waals surface area contributed by atoms with Crippen LogP contribution in [-0.4, -0.2) is 34.0 Å². The van der Waals surface area contributed by atoms with Crippen molar-refractivity contribution in [3.8, 4) is 0 Å². The van der Waals surface area contributed by atoms with Crippen molar-refractivity contribution in [3.63, 3.8) is 0 Å². The number of rotatable bonds is 6. The van der Waals surface area contributed by atoms with Gasteiger partial charge in [-0.1, -0.05) is 28.1 Å². The molecule has 0 amide bonds. The number of halogens is 3. The van der Waals surface area contributed by atoms with E-state index in [0.29, 0.717) is 4.47 Å². The smallest absolute Gasteiger partial charge is 0.241 e. The molecule has 0 bridgehead atoms. The van der Waals surface area contributed by atoms with Crippen LogP contribution in [0.2, 0.25) is 0 Å². The maximum atomic E-state index is 13.1.